The summed E-state index contributed by atoms with van der Waals surface area (Å²) in [5.41, 5.74) is 3.15. The van der Waals surface area contributed by atoms with E-state index in [1.807, 2.05) is 36.4 Å². The molecule has 1 aromatic heterocycles. The second kappa shape index (κ2) is 5.88. The van der Waals surface area contributed by atoms with Crippen molar-refractivity contribution in [3.63, 3.8) is 0 Å². The standard InChI is InChI=1S/C19H17FN2O/c20-16-9-8-14-7-4-10-22(17(14)11-16)13-19-21-12-18(23-19)15-5-2-1-3-6-15/h1-3,5-6,8-9,11-12H,4,7,10,13H2. The van der Waals surface area contributed by atoms with Gasteiger partial charge in [-0.1, -0.05) is 36.4 Å². The van der Waals surface area contributed by atoms with Crippen molar-refractivity contribution in [1.82, 2.24) is 4.98 Å². The number of fused-ring (bicyclic) bond motifs is 1. The maximum absolute atomic E-state index is 13.6. The van der Waals surface area contributed by atoms with E-state index in [0.717, 1.165) is 36.4 Å². The summed E-state index contributed by atoms with van der Waals surface area (Å²) in [6.45, 7) is 1.45. The average Bonchev–Trinajstić information content (AvgIpc) is 3.05. The zero-order valence-corrected chi connectivity index (χ0v) is 12.7. The molecule has 23 heavy (non-hydrogen) atoms. The number of benzene rings is 2. The topological polar surface area (TPSA) is 29.3 Å². The van der Waals surface area contributed by atoms with Gasteiger partial charge in [0.25, 0.3) is 0 Å². The van der Waals surface area contributed by atoms with E-state index in [1.54, 1.807) is 12.3 Å². The molecule has 1 aliphatic rings. The Morgan fingerprint density at radius 2 is 2.00 bits per heavy atom. The van der Waals surface area contributed by atoms with Crippen molar-refractivity contribution >= 4 is 5.69 Å². The first-order valence-electron chi connectivity index (χ1n) is 7.83. The first-order valence-corrected chi connectivity index (χ1v) is 7.83. The Labute approximate surface area is 134 Å². The van der Waals surface area contributed by atoms with Crippen LogP contribution in [0.3, 0.4) is 0 Å². The van der Waals surface area contributed by atoms with E-state index in [1.165, 1.54) is 11.6 Å². The van der Waals surface area contributed by atoms with Crippen LogP contribution in [0, 0.1) is 5.82 Å². The number of aryl methyl sites for hydroxylation is 1. The lowest BCUT2D eigenvalue weighted by molar-refractivity contribution is 0.493. The summed E-state index contributed by atoms with van der Waals surface area (Å²) >= 11 is 0. The molecule has 2 heterocycles. The maximum Gasteiger partial charge on any atom is 0.214 e. The van der Waals surface area contributed by atoms with Gasteiger partial charge in [0.1, 0.15) is 5.82 Å². The van der Waals surface area contributed by atoms with Crippen LogP contribution in [0.1, 0.15) is 17.9 Å². The van der Waals surface area contributed by atoms with Gasteiger partial charge in [0.05, 0.1) is 12.7 Å². The van der Waals surface area contributed by atoms with Crippen molar-refractivity contribution in [3.05, 3.63) is 72.0 Å². The Bertz CT molecular complexity index is 813. The van der Waals surface area contributed by atoms with Gasteiger partial charge in [-0.25, -0.2) is 9.37 Å². The summed E-state index contributed by atoms with van der Waals surface area (Å²) in [5.74, 6) is 1.21. The lowest BCUT2D eigenvalue weighted by atomic mass is 10.0. The third kappa shape index (κ3) is 2.84. The monoisotopic (exact) mass is 308 g/mol. The second-order valence-corrected chi connectivity index (χ2v) is 5.78. The number of hydrogen-bond donors (Lipinski definition) is 0. The molecule has 2 aromatic carbocycles. The molecule has 0 bridgehead atoms. The van der Waals surface area contributed by atoms with Gasteiger partial charge in [-0.2, -0.15) is 0 Å². The Hall–Kier alpha value is -2.62. The van der Waals surface area contributed by atoms with Crippen molar-refractivity contribution in [2.45, 2.75) is 19.4 Å². The molecule has 0 aliphatic carbocycles. The molecule has 4 rings (SSSR count). The molecule has 1 aliphatic heterocycles. The largest absolute Gasteiger partial charge is 0.439 e. The highest BCUT2D eigenvalue weighted by Gasteiger charge is 2.19. The van der Waals surface area contributed by atoms with E-state index in [9.17, 15) is 4.39 Å². The number of hydrogen-bond acceptors (Lipinski definition) is 3. The first kappa shape index (κ1) is 14.0. The number of nitrogens with zero attached hydrogens (tertiary/aromatic N) is 2. The van der Waals surface area contributed by atoms with E-state index < -0.39 is 0 Å². The fourth-order valence-electron chi connectivity index (χ4n) is 3.07. The maximum atomic E-state index is 13.6. The van der Waals surface area contributed by atoms with Gasteiger partial charge in [-0.15, -0.1) is 0 Å². The summed E-state index contributed by atoms with van der Waals surface area (Å²) in [7, 11) is 0. The van der Waals surface area contributed by atoms with Crippen LogP contribution in [0.25, 0.3) is 11.3 Å². The van der Waals surface area contributed by atoms with Gasteiger partial charge in [-0.3, -0.25) is 0 Å². The minimum absolute atomic E-state index is 0.201. The first-order chi connectivity index (χ1) is 11.3. The Morgan fingerprint density at radius 3 is 2.87 bits per heavy atom. The Balaban J connectivity index is 1.58. The van der Waals surface area contributed by atoms with Gasteiger partial charge in [0.15, 0.2) is 5.76 Å². The van der Waals surface area contributed by atoms with Crippen molar-refractivity contribution in [3.8, 4) is 11.3 Å². The minimum atomic E-state index is -0.201. The fourth-order valence-corrected chi connectivity index (χ4v) is 3.07. The lowest BCUT2D eigenvalue weighted by Crippen LogP contribution is -2.29. The molecule has 0 atom stereocenters. The molecular formula is C19H17FN2O. The van der Waals surface area contributed by atoms with E-state index in [4.69, 9.17) is 4.42 Å². The fraction of sp³-hybridized carbons (Fsp3) is 0.211. The van der Waals surface area contributed by atoms with Crippen LogP contribution in [-0.2, 0) is 13.0 Å². The molecule has 0 amide bonds. The number of anilines is 1. The predicted molar refractivity (Wildman–Crippen MR) is 87.7 cm³/mol. The molecule has 0 spiro atoms. The third-order valence-electron chi connectivity index (χ3n) is 4.20. The molecule has 0 radical (unpaired) electrons. The number of halogens is 1. The molecule has 3 aromatic rings. The zero-order valence-electron chi connectivity index (χ0n) is 12.7. The lowest BCUT2D eigenvalue weighted by Gasteiger charge is -2.30. The van der Waals surface area contributed by atoms with Crippen LogP contribution >= 0.6 is 0 Å². The van der Waals surface area contributed by atoms with Crippen LogP contribution in [0.2, 0.25) is 0 Å². The van der Waals surface area contributed by atoms with Crippen LogP contribution in [0.15, 0.2) is 59.1 Å². The van der Waals surface area contributed by atoms with Gasteiger partial charge >= 0.3 is 0 Å². The zero-order chi connectivity index (χ0) is 15.6. The van der Waals surface area contributed by atoms with Crippen molar-refractivity contribution in [1.29, 1.82) is 0 Å². The molecule has 0 N–H and O–H groups in total. The second-order valence-electron chi connectivity index (χ2n) is 5.78. The Kier molecular flexibility index (Phi) is 3.58. The molecule has 4 heteroatoms. The smallest absolute Gasteiger partial charge is 0.214 e. The SMILES string of the molecule is Fc1ccc2c(c1)N(Cc1ncc(-c3ccccc3)o1)CCC2. The molecule has 0 saturated carbocycles. The minimum Gasteiger partial charge on any atom is -0.439 e. The summed E-state index contributed by atoms with van der Waals surface area (Å²) in [6.07, 6.45) is 3.80. The average molecular weight is 308 g/mol. The third-order valence-corrected chi connectivity index (χ3v) is 4.20. The normalized spacial score (nSPS) is 13.9. The quantitative estimate of drug-likeness (QED) is 0.716. The molecule has 0 fully saturated rings. The van der Waals surface area contributed by atoms with Crippen molar-refractivity contribution in [2.24, 2.45) is 0 Å². The number of aromatic nitrogens is 1. The van der Waals surface area contributed by atoms with E-state index in [2.05, 4.69) is 9.88 Å². The summed E-state index contributed by atoms with van der Waals surface area (Å²) in [6, 6.07) is 14.9. The van der Waals surface area contributed by atoms with Crippen LogP contribution in [0.4, 0.5) is 10.1 Å². The van der Waals surface area contributed by atoms with Crippen molar-refractivity contribution < 1.29 is 8.81 Å². The highest BCUT2D eigenvalue weighted by molar-refractivity contribution is 5.57. The predicted octanol–water partition coefficient (Wildman–Crippen LogP) is 4.43. The highest BCUT2D eigenvalue weighted by Crippen LogP contribution is 2.29. The number of rotatable bonds is 3. The molecule has 116 valence electrons. The van der Waals surface area contributed by atoms with Crippen LogP contribution in [0.5, 0.6) is 0 Å². The van der Waals surface area contributed by atoms with Gasteiger partial charge in [0, 0.05) is 17.8 Å². The Morgan fingerprint density at radius 1 is 1.13 bits per heavy atom. The molecule has 3 nitrogen and oxygen atoms in total. The summed E-state index contributed by atoms with van der Waals surface area (Å²) < 4.78 is 19.4. The molecular weight excluding hydrogens is 291 g/mol. The molecule has 0 saturated heterocycles. The highest BCUT2D eigenvalue weighted by atomic mass is 19.1. The molecule has 0 unspecified atom stereocenters. The summed E-state index contributed by atoms with van der Waals surface area (Å²) in [5, 5.41) is 0. The van der Waals surface area contributed by atoms with Crippen LogP contribution < -0.4 is 4.90 Å². The van der Waals surface area contributed by atoms with Crippen LogP contribution in [-0.4, -0.2) is 11.5 Å². The van der Waals surface area contributed by atoms with E-state index in [-0.39, 0.29) is 5.82 Å². The van der Waals surface area contributed by atoms with Gasteiger partial charge in [-0.05, 0) is 30.5 Å². The van der Waals surface area contributed by atoms with Crippen molar-refractivity contribution in [2.75, 3.05) is 11.4 Å². The van der Waals surface area contributed by atoms with E-state index >= 15 is 0 Å². The summed E-state index contributed by atoms with van der Waals surface area (Å²) in [4.78, 5) is 6.52. The van der Waals surface area contributed by atoms with E-state index in [0.29, 0.717) is 12.4 Å². The van der Waals surface area contributed by atoms with Gasteiger partial charge in [0.2, 0.25) is 5.89 Å². The van der Waals surface area contributed by atoms with Gasteiger partial charge < -0.3 is 9.32 Å². The number of oxazole rings is 1.